The Hall–Kier alpha value is -2.75. The lowest BCUT2D eigenvalue weighted by atomic mass is 10.0. The van der Waals surface area contributed by atoms with Crippen molar-refractivity contribution < 1.29 is 28.6 Å². The van der Waals surface area contributed by atoms with Gasteiger partial charge in [0.25, 0.3) is 11.8 Å². The van der Waals surface area contributed by atoms with Crippen molar-refractivity contribution in [3.05, 3.63) is 82.3 Å². The van der Waals surface area contributed by atoms with Crippen LogP contribution in [0.15, 0.2) is 59.5 Å². The van der Waals surface area contributed by atoms with Gasteiger partial charge in [-0.15, -0.1) is 11.8 Å². The summed E-state index contributed by atoms with van der Waals surface area (Å²) in [6, 6.07) is 12.1. The van der Waals surface area contributed by atoms with Gasteiger partial charge in [0.2, 0.25) is 0 Å². The molecule has 2 heterocycles. The first kappa shape index (κ1) is 25.3. The van der Waals surface area contributed by atoms with Gasteiger partial charge >= 0.3 is 0 Å². The highest BCUT2D eigenvalue weighted by molar-refractivity contribution is 8.03. The number of amides is 2. The number of halogens is 2. The Kier molecular flexibility index (Phi) is 8.20. The van der Waals surface area contributed by atoms with Gasteiger partial charge in [-0.25, -0.2) is 8.78 Å². The maximum absolute atomic E-state index is 13.9. The summed E-state index contributed by atoms with van der Waals surface area (Å²) in [4.78, 5) is 26.8. The first-order valence-corrected chi connectivity index (χ1v) is 12.5. The van der Waals surface area contributed by atoms with Crippen LogP contribution >= 0.6 is 11.8 Å². The van der Waals surface area contributed by atoms with Crippen molar-refractivity contribution in [1.29, 1.82) is 0 Å². The number of allylic oxidation sites excluding steroid dienone is 1. The molecule has 9 heteroatoms. The van der Waals surface area contributed by atoms with Crippen LogP contribution in [0.2, 0.25) is 0 Å². The molecule has 2 aromatic carbocycles. The minimum atomic E-state index is -1.91. The predicted molar refractivity (Wildman–Crippen MR) is 129 cm³/mol. The summed E-state index contributed by atoms with van der Waals surface area (Å²) < 4.78 is 27.1. The van der Waals surface area contributed by atoms with Crippen molar-refractivity contribution >= 4 is 23.6 Å². The number of carbonyl (C=O) groups is 2. The van der Waals surface area contributed by atoms with E-state index in [1.54, 1.807) is 30.3 Å². The van der Waals surface area contributed by atoms with Gasteiger partial charge in [0.1, 0.15) is 11.6 Å². The van der Waals surface area contributed by atoms with Crippen LogP contribution in [0.4, 0.5) is 8.78 Å². The molecule has 3 N–H and O–H groups in total. The molecule has 6 nitrogen and oxygen atoms in total. The third kappa shape index (κ3) is 6.09. The second-order valence-electron chi connectivity index (χ2n) is 8.88. The molecular weight excluding hydrogens is 474 g/mol. The number of hydrogen-bond donors (Lipinski definition) is 3. The lowest BCUT2D eigenvalue weighted by molar-refractivity contribution is -0.153. The summed E-state index contributed by atoms with van der Waals surface area (Å²) in [7, 11) is 0. The zero-order valence-electron chi connectivity index (χ0n) is 19.1. The van der Waals surface area contributed by atoms with E-state index in [4.69, 9.17) is 0 Å². The molecule has 4 rings (SSSR count). The Labute approximate surface area is 207 Å². The van der Waals surface area contributed by atoms with Gasteiger partial charge in [0, 0.05) is 18.3 Å². The molecule has 2 amide bonds. The zero-order chi connectivity index (χ0) is 24.9. The van der Waals surface area contributed by atoms with E-state index in [2.05, 4.69) is 5.32 Å². The van der Waals surface area contributed by atoms with Gasteiger partial charge in [0.05, 0.1) is 6.04 Å². The van der Waals surface area contributed by atoms with Crippen LogP contribution < -0.4 is 5.32 Å². The molecule has 0 saturated carbocycles. The minimum absolute atomic E-state index is 0.0159. The maximum atomic E-state index is 13.9. The highest BCUT2D eigenvalue weighted by Gasteiger charge is 2.38. The number of thioether (sulfide) groups is 1. The van der Waals surface area contributed by atoms with E-state index in [1.807, 2.05) is 5.41 Å². The zero-order valence-corrected chi connectivity index (χ0v) is 19.9. The van der Waals surface area contributed by atoms with Crippen LogP contribution in [-0.2, 0) is 16.0 Å². The van der Waals surface area contributed by atoms with Crippen LogP contribution in [-0.4, -0.2) is 57.5 Å². The van der Waals surface area contributed by atoms with E-state index in [1.165, 1.54) is 34.9 Å². The fourth-order valence-corrected chi connectivity index (χ4v) is 5.59. The number of likely N-dealkylation sites (tertiary alicyclic amines) is 1. The lowest BCUT2D eigenvalue weighted by Crippen LogP contribution is -2.51. The summed E-state index contributed by atoms with van der Waals surface area (Å²) in [5, 5.41) is 25.4. The van der Waals surface area contributed by atoms with E-state index < -0.39 is 24.0 Å². The van der Waals surface area contributed by atoms with Crippen LogP contribution in [0.1, 0.15) is 36.4 Å². The smallest absolute Gasteiger partial charge is 0.255 e. The lowest BCUT2D eigenvalue weighted by Gasteiger charge is -2.28. The Morgan fingerprint density at radius 3 is 2.57 bits per heavy atom. The fraction of sp³-hybridized carbons (Fsp3) is 0.385. The van der Waals surface area contributed by atoms with Gasteiger partial charge in [-0.05, 0) is 60.4 Å². The van der Waals surface area contributed by atoms with Gasteiger partial charge < -0.3 is 20.4 Å². The van der Waals surface area contributed by atoms with E-state index in [9.17, 15) is 28.6 Å². The van der Waals surface area contributed by atoms with E-state index in [0.717, 1.165) is 11.1 Å². The van der Waals surface area contributed by atoms with Crippen molar-refractivity contribution in [2.75, 3.05) is 13.1 Å². The standard InChI is InChI=1S/C26H28F2N2O4S/c27-19-9-7-17(8-10-19)22-6-3-11-30(22)26(34)24(32)23(31)25(33)29-14-20-13-16(15-35-20)12-18-4-1-2-5-21(18)28/h1-2,4-5,7-10,15,20,22-24,31-32H,3,6,11-14H2,(H,29,33)/t20?,22?,23-,24-/m1/s1. The normalized spacial score (nSPS) is 21.5. The third-order valence-corrected chi connectivity index (χ3v) is 7.60. The Bertz CT molecular complexity index is 1100. The molecule has 1 fully saturated rings. The molecule has 0 aromatic heterocycles. The van der Waals surface area contributed by atoms with Gasteiger partial charge in [-0.3, -0.25) is 9.59 Å². The van der Waals surface area contributed by atoms with Crippen molar-refractivity contribution in [2.45, 2.75) is 49.2 Å². The molecule has 2 aliphatic heterocycles. The average Bonchev–Trinajstić information content (AvgIpc) is 3.53. The van der Waals surface area contributed by atoms with E-state index >= 15 is 0 Å². The molecule has 0 radical (unpaired) electrons. The SMILES string of the molecule is O=C(NCC1CC(Cc2ccccc2F)=CS1)[C@H](O)[C@@H](O)C(=O)N1CCCC1c1ccc(F)cc1. The van der Waals surface area contributed by atoms with Crippen molar-refractivity contribution in [3.63, 3.8) is 0 Å². The Morgan fingerprint density at radius 2 is 1.83 bits per heavy atom. The monoisotopic (exact) mass is 502 g/mol. The highest BCUT2D eigenvalue weighted by atomic mass is 32.2. The first-order chi connectivity index (χ1) is 16.8. The molecule has 0 bridgehead atoms. The van der Waals surface area contributed by atoms with E-state index in [-0.39, 0.29) is 29.5 Å². The second-order valence-corrected chi connectivity index (χ2v) is 10.1. The molecule has 35 heavy (non-hydrogen) atoms. The van der Waals surface area contributed by atoms with Crippen molar-refractivity contribution in [3.8, 4) is 0 Å². The molecule has 2 unspecified atom stereocenters. The molecule has 0 aliphatic carbocycles. The summed E-state index contributed by atoms with van der Waals surface area (Å²) in [5.74, 6) is -2.20. The van der Waals surface area contributed by atoms with Gasteiger partial charge in [0.15, 0.2) is 12.2 Å². The number of benzene rings is 2. The second kappa shape index (κ2) is 11.3. The number of aliphatic hydroxyl groups is 2. The first-order valence-electron chi connectivity index (χ1n) is 11.6. The number of rotatable bonds is 8. The van der Waals surface area contributed by atoms with Crippen molar-refractivity contribution in [2.24, 2.45) is 0 Å². The Morgan fingerprint density at radius 1 is 1.09 bits per heavy atom. The summed E-state index contributed by atoms with van der Waals surface area (Å²) in [6.45, 7) is 0.613. The number of carbonyl (C=O) groups excluding carboxylic acids is 2. The molecule has 2 aromatic rings. The van der Waals surface area contributed by atoms with Gasteiger partial charge in [-0.1, -0.05) is 35.9 Å². The highest BCUT2D eigenvalue weighted by Crippen LogP contribution is 2.33. The largest absolute Gasteiger partial charge is 0.380 e. The molecule has 4 atom stereocenters. The summed E-state index contributed by atoms with van der Waals surface area (Å²) in [5.41, 5.74) is 2.40. The topological polar surface area (TPSA) is 89.9 Å². The predicted octanol–water partition coefficient (Wildman–Crippen LogP) is 3.10. The van der Waals surface area contributed by atoms with Crippen LogP contribution in [0.5, 0.6) is 0 Å². The fourth-order valence-electron chi connectivity index (χ4n) is 4.53. The third-order valence-electron chi connectivity index (χ3n) is 6.41. The Balaban J connectivity index is 1.26. The number of aliphatic hydroxyl groups excluding tert-OH is 2. The molecular formula is C26H28F2N2O4S. The molecule has 2 aliphatic rings. The summed E-state index contributed by atoms with van der Waals surface area (Å²) in [6.07, 6.45) is -1.32. The quantitative estimate of drug-likeness (QED) is 0.516. The minimum Gasteiger partial charge on any atom is -0.380 e. The number of nitrogens with zero attached hydrogens (tertiary/aromatic N) is 1. The molecule has 0 spiro atoms. The number of hydrogen-bond acceptors (Lipinski definition) is 5. The van der Waals surface area contributed by atoms with E-state index in [0.29, 0.717) is 37.8 Å². The van der Waals surface area contributed by atoms with Crippen LogP contribution in [0.3, 0.4) is 0 Å². The van der Waals surface area contributed by atoms with Crippen LogP contribution in [0, 0.1) is 11.6 Å². The summed E-state index contributed by atoms with van der Waals surface area (Å²) >= 11 is 1.52. The average molecular weight is 503 g/mol. The van der Waals surface area contributed by atoms with Gasteiger partial charge in [-0.2, -0.15) is 0 Å². The number of nitrogens with one attached hydrogen (secondary N) is 1. The molecule has 1 saturated heterocycles. The molecule has 186 valence electrons. The maximum Gasteiger partial charge on any atom is 0.255 e. The van der Waals surface area contributed by atoms with Crippen molar-refractivity contribution in [1.82, 2.24) is 10.2 Å². The van der Waals surface area contributed by atoms with Crippen LogP contribution in [0.25, 0.3) is 0 Å².